The Labute approximate surface area is 179 Å². The number of aromatic amines is 1. The van der Waals surface area contributed by atoms with E-state index in [0.717, 1.165) is 11.1 Å². The lowest BCUT2D eigenvalue weighted by Gasteiger charge is -2.10. The van der Waals surface area contributed by atoms with Crippen molar-refractivity contribution in [3.05, 3.63) is 102 Å². The first-order chi connectivity index (χ1) is 15.2. The van der Waals surface area contributed by atoms with E-state index in [4.69, 9.17) is 4.74 Å². The minimum atomic E-state index is -0.451. The van der Waals surface area contributed by atoms with Crippen molar-refractivity contribution in [2.75, 3.05) is 0 Å². The Morgan fingerprint density at radius 2 is 1.77 bits per heavy atom. The second kappa shape index (κ2) is 9.41. The SMILES string of the molecule is O=C(N/N=C\c1ccccc1O)c1cc(-c2ccccc2OCc2ccccc2)n[nH]1. The Hall–Kier alpha value is -4.39. The van der Waals surface area contributed by atoms with Crippen molar-refractivity contribution in [2.24, 2.45) is 5.10 Å². The monoisotopic (exact) mass is 412 g/mol. The molecule has 4 aromatic rings. The number of para-hydroxylation sites is 2. The summed E-state index contributed by atoms with van der Waals surface area (Å²) in [4.78, 5) is 12.4. The molecule has 31 heavy (non-hydrogen) atoms. The fourth-order valence-corrected chi connectivity index (χ4v) is 2.93. The number of rotatable bonds is 7. The second-order valence-electron chi connectivity index (χ2n) is 6.70. The maximum Gasteiger partial charge on any atom is 0.289 e. The minimum Gasteiger partial charge on any atom is -0.507 e. The van der Waals surface area contributed by atoms with Crippen LogP contribution in [0.5, 0.6) is 11.5 Å². The third kappa shape index (κ3) is 4.97. The molecule has 154 valence electrons. The predicted octanol–water partition coefficient (Wildman–Crippen LogP) is 4.13. The molecule has 4 rings (SSSR count). The van der Waals surface area contributed by atoms with Gasteiger partial charge in [-0.2, -0.15) is 10.2 Å². The summed E-state index contributed by atoms with van der Waals surface area (Å²) in [6.45, 7) is 0.427. The van der Waals surface area contributed by atoms with E-state index in [1.807, 2.05) is 54.6 Å². The number of phenols is 1. The van der Waals surface area contributed by atoms with Gasteiger partial charge in [-0.05, 0) is 35.9 Å². The molecule has 0 radical (unpaired) electrons. The van der Waals surface area contributed by atoms with Crippen molar-refractivity contribution in [1.29, 1.82) is 0 Å². The molecule has 0 aliphatic carbocycles. The van der Waals surface area contributed by atoms with Crippen LogP contribution in [-0.2, 0) is 6.61 Å². The van der Waals surface area contributed by atoms with E-state index in [1.54, 1.807) is 30.3 Å². The molecular weight excluding hydrogens is 392 g/mol. The van der Waals surface area contributed by atoms with Crippen LogP contribution in [0.2, 0.25) is 0 Å². The normalized spacial score (nSPS) is 10.8. The number of nitrogens with one attached hydrogen (secondary N) is 2. The molecule has 3 aromatic carbocycles. The van der Waals surface area contributed by atoms with Gasteiger partial charge in [0.1, 0.15) is 23.8 Å². The lowest BCUT2D eigenvalue weighted by atomic mass is 10.1. The average Bonchev–Trinajstić information content (AvgIpc) is 3.30. The van der Waals surface area contributed by atoms with Crippen LogP contribution in [0.1, 0.15) is 21.6 Å². The number of ether oxygens (including phenoxy) is 1. The maximum absolute atomic E-state index is 12.4. The van der Waals surface area contributed by atoms with E-state index in [1.165, 1.54) is 6.21 Å². The maximum atomic E-state index is 12.4. The number of hydrogen-bond donors (Lipinski definition) is 3. The highest BCUT2D eigenvalue weighted by Crippen LogP contribution is 2.29. The zero-order chi connectivity index (χ0) is 21.5. The van der Waals surface area contributed by atoms with Gasteiger partial charge in [0, 0.05) is 11.1 Å². The molecule has 0 atom stereocenters. The summed E-state index contributed by atoms with van der Waals surface area (Å²) in [7, 11) is 0. The molecule has 0 spiro atoms. The molecule has 0 bridgehead atoms. The van der Waals surface area contributed by atoms with Crippen LogP contribution in [0.15, 0.2) is 90.0 Å². The number of benzene rings is 3. The van der Waals surface area contributed by atoms with Crippen LogP contribution in [0, 0.1) is 0 Å². The van der Waals surface area contributed by atoms with Crippen LogP contribution in [0.4, 0.5) is 0 Å². The number of phenolic OH excluding ortho intramolecular Hbond substituents is 1. The van der Waals surface area contributed by atoms with E-state index in [-0.39, 0.29) is 11.4 Å². The molecular formula is C24H20N4O3. The third-order valence-electron chi connectivity index (χ3n) is 4.53. The fourth-order valence-electron chi connectivity index (χ4n) is 2.93. The van der Waals surface area contributed by atoms with E-state index in [0.29, 0.717) is 23.6 Å². The number of aromatic hydroxyl groups is 1. The van der Waals surface area contributed by atoms with Crippen LogP contribution in [-0.4, -0.2) is 27.4 Å². The largest absolute Gasteiger partial charge is 0.507 e. The number of hydrogen-bond acceptors (Lipinski definition) is 5. The molecule has 0 saturated carbocycles. The molecule has 3 N–H and O–H groups in total. The van der Waals surface area contributed by atoms with Gasteiger partial charge >= 0.3 is 0 Å². The fraction of sp³-hybridized carbons (Fsp3) is 0.0417. The van der Waals surface area contributed by atoms with Gasteiger partial charge in [0.2, 0.25) is 0 Å². The van der Waals surface area contributed by atoms with E-state index < -0.39 is 5.91 Å². The molecule has 0 aliphatic rings. The zero-order valence-electron chi connectivity index (χ0n) is 16.5. The molecule has 1 aromatic heterocycles. The quantitative estimate of drug-likeness (QED) is 0.314. The van der Waals surface area contributed by atoms with Crippen molar-refractivity contribution >= 4 is 12.1 Å². The zero-order valence-corrected chi connectivity index (χ0v) is 16.5. The van der Waals surface area contributed by atoms with Crippen molar-refractivity contribution in [3.63, 3.8) is 0 Å². The molecule has 0 unspecified atom stereocenters. The molecule has 0 fully saturated rings. The highest BCUT2D eigenvalue weighted by molar-refractivity contribution is 5.94. The highest BCUT2D eigenvalue weighted by atomic mass is 16.5. The van der Waals surface area contributed by atoms with Gasteiger partial charge in [0.05, 0.1) is 11.9 Å². The van der Waals surface area contributed by atoms with Gasteiger partial charge in [-0.3, -0.25) is 9.89 Å². The van der Waals surface area contributed by atoms with E-state index in [2.05, 4.69) is 20.7 Å². The molecule has 7 heteroatoms. The topological polar surface area (TPSA) is 99.6 Å². The first-order valence-electron chi connectivity index (χ1n) is 9.63. The first kappa shape index (κ1) is 19.9. The Morgan fingerprint density at radius 1 is 1.03 bits per heavy atom. The number of nitrogens with zero attached hydrogens (tertiary/aromatic N) is 2. The Balaban J connectivity index is 1.45. The van der Waals surface area contributed by atoms with E-state index >= 15 is 0 Å². The Bertz CT molecular complexity index is 1200. The Morgan fingerprint density at radius 3 is 2.61 bits per heavy atom. The summed E-state index contributed by atoms with van der Waals surface area (Å²) < 4.78 is 5.97. The van der Waals surface area contributed by atoms with Gasteiger partial charge in [-0.25, -0.2) is 5.43 Å². The molecule has 1 heterocycles. The van der Waals surface area contributed by atoms with Crippen LogP contribution >= 0.6 is 0 Å². The standard InChI is InChI=1S/C24H20N4O3/c29-22-12-6-4-10-18(22)15-25-28-24(30)21-14-20(26-27-21)19-11-5-7-13-23(19)31-16-17-8-2-1-3-9-17/h1-15,29H,16H2,(H,26,27)(H,28,30)/b25-15-. The summed E-state index contributed by atoms with van der Waals surface area (Å²) >= 11 is 0. The number of carbonyl (C=O) groups excluding carboxylic acids is 1. The van der Waals surface area contributed by atoms with Crippen LogP contribution in [0.25, 0.3) is 11.3 Å². The molecule has 7 nitrogen and oxygen atoms in total. The summed E-state index contributed by atoms with van der Waals surface area (Å²) in [6, 6.07) is 25.7. The molecule has 0 aliphatic heterocycles. The van der Waals surface area contributed by atoms with Crippen molar-refractivity contribution in [2.45, 2.75) is 6.61 Å². The van der Waals surface area contributed by atoms with Crippen LogP contribution < -0.4 is 10.2 Å². The molecule has 0 saturated heterocycles. The van der Waals surface area contributed by atoms with Gasteiger partial charge in [-0.15, -0.1) is 0 Å². The lowest BCUT2D eigenvalue weighted by molar-refractivity contribution is 0.0950. The van der Waals surface area contributed by atoms with Crippen molar-refractivity contribution in [3.8, 4) is 22.8 Å². The third-order valence-corrected chi connectivity index (χ3v) is 4.53. The first-order valence-corrected chi connectivity index (χ1v) is 9.63. The smallest absolute Gasteiger partial charge is 0.289 e. The van der Waals surface area contributed by atoms with E-state index in [9.17, 15) is 9.90 Å². The minimum absolute atomic E-state index is 0.0800. The summed E-state index contributed by atoms with van der Waals surface area (Å²) in [5.74, 6) is 0.298. The predicted molar refractivity (Wildman–Crippen MR) is 118 cm³/mol. The second-order valence-corrected chi connectivity index (χ2v) is 6.70. The van der Waals surface area contributed by atoms with Crippen LogP contribution in [0.3, 0.4) is 0 Å². The Kier molecular flexibility index (Phi) is 6.04. The summed E-state index contributed by atoms with van der Waals surface area (Å²) in [5.41, 5.74) is 5.58. The molecule has 1 amide bonds. The summed E-state index contributed by atoms with van der Waals surface area (Å²) in [5, 5.41) is 20.6. The number of H-pyrrole nitrogens is 1. The highest BCUT2D eigenvalue weighted by Gasteiger charge is 2.14. The van der Waals surface area contributed by atoms with Crippen molar-refractivity contribution < 1.29 is 14.6 Å². The number of amides is 1. The van der Waals surface area contributed by atoms with Gasteiger partial charge in [0.15, 0.2) is 0 Å². The van der Waals surface area contributed by atoms with Crippen molar-refractivity contribution in [1.82, 2.24) is 15.6 Å². The lowest BCUT2D eigenvalue weighted by Crippen LogP contribution is -2.18. The van der Waals surface area contributed by atoms with Gasteiger partial charge in [0.25, 0.3) is 5.91 Å². The number of carbonyl (C=O) groups is 1. The average molecular weight is 412 g/mol. The number of hydrazone groups is 1. The number of aromatic nitrogens is 2. The van der Waals surface area contributed by atoms with Gasteiger partial charge < -0.3 is 9.84 Å². The van der Waals surface area contributed by atoms with Gasteiger partial charge in [-0.1, -0.05) is 54.6 Å². The summed E-state index contributed by atoms with van der Waals surface area (Å²) in [6.07, 6.45) is 1.37.